The average molecular weight is 275 g/mol. The highest BCUT2D eigenvalue weighted by molar-refractivity contribution is 5.76. The van der Waals surface area contributed by atoms with E-state index in [9.17, 15) is 9.90 Å². The summed E-state index contributed by atoms with van der Waals surface area (Å²) in [4.78, 5) is 11.5. The molecule has 2 unspecified atom stereocenters. The van der Waals surface area contributed by atoms with Gasteiger partial charge < -0.3 is 15.6 Å². The average Bonchev–Trinajstić information content (AvgIpc) is 2.82. The first-order valence-electron chi connectivity index (χ1n) is 7.30. The second-order valence-corrected chi connectivity index (χ2v) is 6.09. The van der Waals surface area contributed by atoms with Crippen molar-refractivity contribution in [2.75, 3.05) is 13.2 Å². The monoisotopic (exact) mass is 275 g/mol. The molecule has 1 aliphatic carbocycles. The Morgan fingerprint density at radius 2 is 2.05 bits per heavy atom. The molecule has 1 saturated heterocycles. The third-order valence-corrected chi connectivity index (χ3v) is 4.78. The Kier molecular flexibility index (Phi) is 3.52. The molecule has 0 spiro atoms. The van der Waals surface area contributed by atoms with Crippen LogP contribution < -0.4 is 5.73 Å². The largest absolute Gasteiger partial charge is 0.481 e. The highest BCUT2D eigenvalue weighted by Crippen LogP contribution is 2.40. The Labute approximate surface area is 118 Å². The molecule has 20 heavy (non-hydrogen) atoms. The molecule has 2 fully saturated rings. The zero-order valence-electron chi connectivity index (χ0n) is 11.5. The molecule has 2 aliphatic rings. The smallest absolute Gasteiger partial charge is 0.311 e. The number of carboxylic acid groups (broad SMARTS) is 1. The summed E-state index contributed by atoms with van der Waals surface area (Å²) in [6, 6.07) is 7.80. The second kappa shape index (κ2) is 5.19. The van der Waals surface area contributed by atoms with E-state index in [0.717, 1.165) is 36.8 Å². The molecule has 108 valence electrons. The summed E-state index contributed by atoms with van der Waals surface area (Å²) in [6.45, 7) is 1.23. The minimum absolute atomic E-state index is 0.292. The van der Waals surface area contributed by atoms with Crippen LogP contribution in [0, 0.1) is 5.92 Å². The van der Waals surface area contributed by atoms with Gasteiger partial charge in [-0.15, -0.1) is 0 Å². The van der Waals surface area contributed by atoms with E-state index in [1.165, 1.54) is 0 Å². The van der Waals surface area contributed by atoms with Gasteiger partial charge in [-0.3, -0.25) is 4.79 Å². The van der Waals surface area contributed by atoms with Crippen molar-refractivity contribution in [3.05, 3.63) is 35.4 Å². The van der Waals surface area contributed by atoms with E-state index in [0.29, 0.717) is 19.1 Å². The van der Waals surface area contributed by atoms with Crippen molar-refractivity contribution in [2.45, 2.75) is 37.1 Å². The van der Waals surface area contributed by atoms with E-state index in [1.807, 2.05) is 24.3 Å². The SMILES string of the molecule is NC1(c2ccc(C(C(=O)O)C3CCC3)cc2)CCOC1. The number of carboxylic acids is 1. The molecule has 3 rings (SSSR count). The van der Waals surface area contributed by atoms with E-state index in [2.05, 4.69) is 0 Å². The number of hydrogen-bond acceptors (Lipinski definition) is 3. The summed E-state index contributed by atoms with van der Waals surface area (Å²) in [5.74, 6) is -0.791. The molecule has 1 heterocycles. The van der Waals surface area contributed by atoms with Crippen LogP contribution in [-0.2, 0) is 15.1 Å². The lowest BCUT2D eigenvalue weighted by Crippen LogP contribution is -2.37. The van der Waals surface area contributed by atoms with Crippen molar-refractivity contribution in [3.63, 3.8) is 0 Å². The Bertz CT molecular complexity index is 487. The first-order chi connectivity index (χ1) is 9.60. The number of hydrogen-bond donors (Lipinski definition) is 2. The Morgan fingerprint density at radius 1 is 1.35 bits per heavy atom. The minimum atomic E-state index is -0.714. The molecule has 2 atom stereocenters. The van der Waals surface area contributed by atoms with Gasteiger partial charge in [0.1, 0.15) is 0 Å². The maximum Gasteiger partial charge on any atom is 0.311 e. The maximum absolute atomic E-state index is 11.5. The van der Waals surface area contributed by atoms with Crippen molar-refractivity contribution in [1.29, 1.82) is 0 Å². The van der Waals surface area contributed by atoms with Crippen LogP contribution in [-0.4, -0.2) is 24.3 Å². The number of benzene rings is 1. The number of aliphatic carboxylic acids is 1. The van der Waals surface area contributed by atoms with Crippen LogP contribution in [0.4, 0.5) is 0 Å². The van der Waals surface area contributed by atoms with Crippen LogP contribution in [0.2, 0.25) is 0 Å². The van der Waals surface area contributed by atoms with Gasteiger partial charge in [-0.25, -0.2) is 0 Å². The second-order valence-electron chi connectivity index (χ2n) is 6.09. The first kappa shape index (κ1) is 13.6. The third kappa shape index (κ3) is 2.34. The van der Waals surface area contributed by atoms with Crippen LogP contribution in [0.15, 0.2) is 24.3 Å². The fourth-order valence-corrected chi connectivity index (χ4v) is 3.22. The molecule has 0 amide bonds. The molecule has 1 aliphatic heterocycles. The molecule has 3 N–H and O–H groups in total. The van der Waals surface area contributed by atoms with E-state index in [-0.39, 0.29) is 5.92 Å². The fraction of sp³-hybridized carbons (Fsp3) is 0.562. The van der Waals surface area contributed by atoms with Crippen LogP contribution >= 0.6 is 0 Å². The molecule has 1 aromatic rings. The summed E-state index contributed by atoms with van der Waals surface area (Å²) < 4.78 is 5.38. The van der Waals surface area contributed by atoms with E-state index < -0.39 is 11.5 Å². The topological polar surface area (TPSA) is 72.6 Å². The lowest BCUT2D eigenvalue weighted by atomic mass is 9.73. The van der Waals surface area contributed by atoms with Gasteiger partial charge in [0, 0.05) is 6.61 Å². The van der Waals surface area contributed by atoms with Gasteiger partial charge in [0.05, 0.1) is 18.1 Å². The summed E-state index contributed by atoms with van der Waals surface area (Å²) in [5, 5.41) is 9.45. The van der Waals surface area contributed by atoms with Crippen molar-refractivity contribution in [2.24, 2.45) is 11.7 Å². The Morgan fingerprint density at radius 3 is 2.50 bits per heavy atom. The molecular weight excluding hydrogens is 254 g/mol. The van der Waals surface area contributed by atoms with Gasteiger partial charge in [-0.1, -0.05) is 30.7 Å². The van der Waals surface area contributed by atoms with Crippen LogP contribution in [0.3, 0.4) is 0 Å². The number of rotatable bonds is 4. The fourth-order valence-electron chi connectivity index (χ4n) is 3.22. The van der Waals surface area contributed by atoms with Crippen molar-refractivity contribution in [1.82, 2.24) is 0 Å². The zero-order valence-corrected chi connectivity index (χ0v) is 11.5. The van der Waals surface area contributed by atoms with E-state index in [4.69, 9.17) is 10.5 Å². The Balaban J connectivity index is 1.82. The standard InChI is InChI=1S/C16H21NO3/c17-16(8-9-20-10-16)13-6-4-12(5-7-13)14(15(18)19)11-2-1-3-11/h4-7,11,14H,1-3,8-10,17H2,(H,18,19). The molecular formula is C16H21NO3. The van der Waals surface area contributed by atoms with Crippen molar-refractivity contribution < 1.29 is 14.6 Å². The zero-order chi connectivity index (χ0) is 14.2. The summed E-state index contributed by atoms with van der Waals surface area (Å²) in [7, 11) is 0. The van der Waals surface area contributed by atoms with Gasteiger partial charge in [0.15, 0.2) is 0 Å². The molecule has 0 bridgehead atoms. The third-order valence-electron chi connectivity index (χ3n) is 4.78. The highest BCUT2D eigenvalue weighted by Gasteiger charge is 2.35. The molecule has 4 heteroatoms. The normalized spacial score (nSPS) is 28.1. The molecule has 1 aromatic carbocycles. The predicted molar refractivity (Wildman–Crippen MR) is 75.5 cm³/mol. The lowest BCUT2D eigenvalue weighted by Gasteiger charge is -2.31. The van der Waals surface area contributed by atoms with Crippen LogP contribution in [0.5, 0.6) is 0 Å². The molecule has 4 nitrogen and oxygen atoms in total. The molecule has 1 saturated carbocycles. The number of nitrogens with two attached hydrogens (primary N) is 1. The van der Waals surface area contributed by atoms with E-state index >= 15 is 0 Å². The van der Waals surface area contributed by atoms with Gasteiger partial charge in [0.25, 0.3) is 0 Å². The number of ether oxygens (including phenoxy) is 1. The van der Waals surface area contributed by atoms with Gasteiger partial charge in [-0.2, -0.15) is 0 Å². The van der Waals surface area contributed by atoms with Crippen molar-refractivity contribution >= 4 is 5.97 Å². The lowest BCUT2D eigenvalue weighted by molar-refractivity contribution is -0.141. The quantitative estimate of drug-likeness (QED) is 0.883. The predicted octanol–water partition coefficient (Wildman–Crippen LogP) is 2.23. The van der Waals surface area contributed by atoms with Gasteiger partial charge in [-0.05, 0) is 36.3 Å². The van der Waals surface area contributed by atoms with Crippen LogP contribution in [0.25, 0.3) is 0 Å². The highest BCUT2D eigenvalue weighted by atomic mass is 16.5. The maximum atomic E-state index is 11.5. The number of carbonyl (C=O) groups is 1. The van der Waals surface area contributed by atoms with Crippen LogP contribution in [0.1, 0.15) is 42.7 Å². The van der Waals surface area contributed by atoms with Crippen molar-refractivity contribution in [3.8, 4) is 0 Å². The van der Waals surface area contributed by atoms with Gasteiger partial charge >= 0.3 is 5.97 Å². The van der Waals surface area contributed by atoms with Gasteiger partial charge in [0.2, 0.25) is 0 Å². The van der Waals surface area contributed by atoms with E-state index in [1.54, 1.807) is 0 Å². The minimum Gasteiger partial charge on any atom is -0.481 e. The summed E-state index contributed by atoms with van der Waals surface area (Å²) in [6.07, 6.45) is 4.01. The molecule has 0 aromatic heterocycles. The molecule has 0 radical (unpaired) electrons. The summed E-state index contributed by atoms with van der Waals surface area (Å²) in [5.41, 5.74) is 7.85. The summed E-state index contributed by atoms with van der Waals surface area (Å²) >= 11 is 0. The first-order valence-corrected chi connectivity index (χ1v) is 7.30. The Hall–Kier alpha value is -1.39.